The lowest BCUT2D eigenvalue weighted by Crippen LogP contribution is -2.26. The normalized spacial score (nSPS) is 9.07. The summed E-state index contributed by atoms with van der Waals surface area (Å²) in [5.41, 5.74) is 1.51. The third kappa shape index (κ3) is 4.14. The average Bonchev–Trinajstić information content (AvgIpc) is 2.24. The maximum Gasteiger partial charge on any atom is 0.216 e. The number of nitrogens with zero attached hydrogens (tertiary/aromatic N) is 1. The lowest BCUT2D eigenvalue weighted by atomic mass is 10.2. The predicted molar refractivity (Wildman–Crippen MR) is 58.3 cm³/mol. The summed E-state index contributed by atoms with van der Waals surface area (Å²) < 4.78 is 0. The molecule has 0 aromatic heterocycles. The van der Waals surface area contributed by atoms with Crippen LogP contribution in [0.5, 0.6) is 0 Å². The third-order valence-corrected chi connectivity index (χ3v) is 1.82. The Morgan fingerprint density at radius 2 is 2.27 bits per heavy atom. The molecule has 4 nitrogen and oxygen atoms in total. The van der Waals surface area contributed by atoms with Crippen LogP contribution in [0.3, 0.4) is 0 Å². The smallest absolute Gasteiger partial charge is 0.216 e. The van der Waals surface area contributed by atoms with Crippen LogP contribution >= 0.6 is 0 Å². The zero-order valence-corrected chi connectivity index (χ0v) is 8.58. The minimum absolute atomic E-state index is 0.0393. The highest BCUT2D eigenvalue weighted by molar-refractivity contribution is 5.72. The first-order valence-corrected chi connectivity index (χ1v) is 4.71. The number of rotatable bonds is 4. The molecule has 0 aliphatic heterocycles. The van der Waals surface area contributed by atoms with Crippen molar-refractivity contribution in [3.8, 4) is 6.07 Å². The fourth-order valence-electron chi connectivity index (χ4n) is 1.14. The maximum absolute atomic E-state index is 10.6. The highest BCUT2D eigenvalue weighted by Gasteiger charge is 1.94. The molecule has 15 heavy (non-hydrogen) atoms. The van der Waals surface area contributed by atoms with Crippen LogP contribution in [-0.4, -0.2) is 19.0 Å². The van der Waals surface area contributed by atoms with Crippen molar-refractivity contribution in [2.75, 3.05) is 18.4 Å². The monoisotopic (exact) mass is 203 g/mol. The van der Waals surface area contributed by atoms with Gasteiger partial charge in [0.15, 0.2) is 0 Å². The van der Waals surface area contributed by atoms with Gasteiger partial charge in [-0.05, 0) is 18.2 Å². The Kier molecular flexibility index (Phi) is 4.17. The molecule has 1 rings (SSSR count). The van der Waals surface area contributed by atoms with E-state index in [1.165, 1.54) is 6.92 Å². The van der Waals surface area contributed by atoms with E-state index < -0.39 is 0 Å². The van der Waals surface area contributed by atoms with Crippen LogP contribution < -0.4 is 10.6 Å². The molecule has 0 saturated heterocycles. The summed E-state index contributed by atoms with van der Waals surface area (Å²) in [5.74, 6) is -0.0393. The second-order valence-electron chi connectivity index (χ2n) is 3.10. The summed E-state index contributed by atoms with van der Waals surface area (Å²) in [5, 5.41) is 14.5. The number of hydrogen-bond acceptors (Lipinski definition) is 3. The maximum atomic E-state index is 10.6. The lowest BCUT2D eigenvalue weighted by molar-refractivity contribution is -0.118. The van der Waals surface area contributed by atoms with Gasteiger partial charge in [-0.2, -0.15) is 5.26 Å². The number of nitriles is 1. The Labute approximate surface area is 88.9 Å². The van der Waals surface area contributed by atoms with Crippen LogP contribution in [0.2, 0.25) is 0 Å². The number of anilines is 1. The number of carbonyl (C=O) groups excluding carboxylic acids is 1. The molecule has 1 aromatic carbocycles. The van der Waals surface area contributed by atoms with Crippen molar-refractivity contribution in [3.63, 3.8) is 0 Å². The third-order valence-electron chi connectivity index (χ3n) is 1.82. The van der Waals surface area contributed by atoms with Gasteiger partial charge in [0.2, 0.25) is 5.91 Å². The molecule has 2 N–H and O–H groups in total. The van der Waals surface area contributed by atoms with Crippen molar-refractivity contribution >= 4 is 11.6 Å². The summed E-state index contributed by atoms with van der Waals surface area (Å²) in [7, 11) is 0. The molecule has 0 aliphatic rings. The molecule has 0 heterocycles. The van der Waals surface area contributed by atoms with Gasteiger partial charge in [-0.3, -0.25) is 4.79 Å². The van der Waals surface area contributed by atoms with Crippen LogP contribution in [0, 0.1) is 11.3 Å². The van der Waals surface area contributed by atoms with Crippen molar-refractivity contribution in [2.24, 2.45) is 0 Å². The van der Waals surface area contributed by atoms with Gasteiger partial charge in [-0.15, -0.1) is 0 Å². The van der Waals surface area contributed by atoms with Crippen molar-refractivity contribution in [2.45, 2.75) is 6.92 Å². The first kappa shape index (κ1) is 11.1. The first-order valence-electron chi connectivity index (χ1n) is 4.71. The molecule has 0 aliphatic carbocycles. The molecule has 4 heteroatoms. The SMILES string of the molecule is CC(=O)NCCNc1cccc(C#N)c1. The number of carbonyl (C=O) groups is 1. The van der Waals surface area contributed by atoms with E-state index >= 15 is 0 Å². The van der Waals surface area contributed by atoms with Gasteiger partial charge in [-0.1, -0.05) is 6.07 Å². The van der Waals surface area contributed by atoms with E-state index in [1.54, 1.807) is 12.1 Å². The number of benzene rings is 1. The Hall–Kier alpha value is -2.02. The molecular formula is C11H13N3O. The van der Waals surface area contributed by atoms with Gasteiger partial charge in [0, 0.05) is 25.7 Å². The molecule has 1 amide bonds. The van der Waals surface area contributed by atoms with Gasteiger partial charge in [-0.25, -0.2) is 0 Å². The van der Waals surface area contributed by atoms with E-state index in [-0.39, 0.29) is 5.91 Å². The van der Waals surface area contributed by atoms with Crippen LogP contribution in [0.4, 0.5) is 5.69 Å². The second kappa shape index (κ2) is 5.66. The quantitative estimate of drug-likeness (QED) is 0.720. The van der Waals surface area contributed by atoms with Crippen molar-refractivity contribution in [3.05, 3.63) is 29.8 Å². The van der Waals surface area contributed by atoms with Crippen LogP contribution in [-0.2, 0) is 4.79 Å². The largest absolute Gasteiger partial charge is 0.383 e. The second-order valence-corrected chi connectivity index (χ2v) is 3.10. The molecule has 0 spiro atoms. The minimum Gasteiger partial charge on any atom is -0.383 e. The van der Waals surface area contributed by atoms with Gasteiger partial charge in [0.25, 0.3) is 0 Å². The fraction of sp³-hybridized carbons (Fsp3) is 0.273. The standard InChI is InChI=1S/C11H13N3O/c1-9(15)13-5-6-14-11-4-2-3-10(7-11)8-12/h2-4,7,14H,5-6H2,1H3,(H,13,15). The molecule has 0 bridgehead atoms. The van der Waals surface area contributed by atoms with Crippen LogP contribution in [0.1, 0.15) is 12.5 Å². The van der Waals surface area contributed by atoms with E-state index in [4.69, 9.17) is 5.26 Å². The summed E-state index contributed by atoms with van der Waals surface area (Å²) in [4.78, 5) is 10.6. The minimum atomic E-state index is -0.0393. The molecule has 0 saturated carbocycles. The van der Waals surface area contributed by atoms with Gasteiger partial charge < -0.3 is 10.6 Å². The molecule has 0 unspecified atom stereocenters. The fourth-order valence-corrected chi connectivity index (χ4v) is 1.14. The summed E-state index contributed by atoms with van der Waals surface area (Å²) in [6.07, 6.45) is 0. The van der Waals surface area contributed by atoms with E-state index in [0.717, 1.165) is 5.69 Å². The molecule has 0 fully saturated rings. The highest BCUT2D eigenvalue weighted by atomic mass is 16.1. The summed E-state index contributed by atoms with van der Waals surface area (Å²) >= 11 is 0. The molecular weight excluding hydrogens is 190 g/mol. The van der Waals surface area contributed by atoms with Crippen molar-refractivity contribution in [1.82, 2.24) is 5.32 Å². The zero-order valence-electron chi connectivity index (χ0n) is 8.58. The number of hydrogen-bond donors (Lipinski definition) is 2. The number of nitrogens with one attached hydrogen (secondary N) is 2. The average molecular weight is 203 g/mol. The van der Waals surface area contributed by atoms with E-state index in [9.17, 15) is 4.79 Å². The highest BCUT2D eigenvalue weighted by Crippen LogP contribution is 2.08. The Bertz CT molecular complexity index is 382. The zero-order chi connectivity index (χ0) is 11.1. The summed E-state index contributed by atoms with van der Waals surface area (Å²) in [6, 6.07) is 9.29. The predicted octanol–water partition coefficient (Wildman–Crippen LogP) is 1.11. The molecule has 0 atom stereocenters. The Morgan fingerprint density at radius 1 is 1.47 bits per heavy atom. The lowest BCUT2D eigenvalue weighted by Gasteiger charge is -2.06. The molecule has 0 radical (unpaired) electrons. The Morgan fingerprint density at radius 3 is 2.93 bits per heavy atom. The topological polar surface area (TPSA) is 64.9 Å². The summed E-state index contributed by atoms with van der Waals surface area (Å²) in [6.45, 7) is 2.71. The first-order chi connectivity index (χ1) is 7.22. The van der Waals surface area contributed by atoms with E-state index in [1.807, 2.05) is 12.1 Å². The van der Waals surface area contributed by atoms with Crippen LogP contribution in [0.15, 0.2) is 24.3 Å². The van der Waals surface area contributed by atoms with Crippen molar-refractivity contribution in [1.29, 1.82) is 5.26 Å². The van der Waals surface area contributed by atoms with E-state index in [0.29, 0.717) is 18.7 Å². The van der Waals surface area contributed by atoms with Gasteiger partial charge >= 0.3 is 0 Å². The van der Waals surface area contributed by atoms with Crippen LogP contribution in [0.25, 0.3) is 0 Å². The van der Waals surface area contributed by atoms with Crippen molar-refractivity contribution < 1.29 is 4.79 Å². The van der Waals surface area contributed by atoms with E-state index in [2.05, 4.69) is 16.7 Å². The molecule has 1 aromatic rings. The number of amides is 1. The Balaban J connectivity index is 2.38. The van der Waals surface area contributed by atoms with Gasteiger partial charge in [0.1, 0.15) is 0 Å². The molecule has 78 valence electrons. The van der Waals surface area contributed by atoms with Gasteiger partial charge in [0.05, 0.1) is 11.6 Å².